The van der Waals surface area contributed by atoms with Crippen molar-refractivity contribution in [1.82, 2.24) is 19.5 Å². The molecule has 10 heteroatoms. The number of halogens is 3. The number of nitrogens with zero attached hydrogens (tertiary/aromatic N) is 3. The highest BCUT2D eigenvalue weighted by molar-refractivity contribution is 5.99. The van der Waals surface area contributed by atoms with Crippen molar-refractivity contribution in [3.63, 3.8) is 0 Å². The Balaban J connectivity index is 1.59. The predicted octanol–water partition coefficient (Wildman–Crippen LogP) is 5.46. The quantitative estimate of drug-likeness (QED) is 0.379. The summed E-state index contributed by atoms with van der Waals surface area (Å²) in [5.74, 6) is 0.534. The van der Waals surface area contributed by atoms with Gasteiger partial charge in [-0.3, -0.25) is 10.1 Å². The summed E-state index contributed by atoms with van der Waals surface area (Å²) in [6.07, 6.45) is -2.47. The van der Waals surface area contributed by atoms with Crippen LogP contribution in [0.4, 0.5) is 25.1 Å². The highest BCUT2D eigenvalue weighted by atomic mass is 19.4. The smallest absolute Gasteiger partial charge is 0.406 e. The molecule has 0 amide bonds. The Bertz CT molecular complexity index is 1260. The number of unbranched alkanes of at least 4 members (excludes halogenated alkanes) is 1. The highest BCUT2D eigenvalue weighted by Gasteiger charge is 2.31. The van der Waals surface area contributed by atoms with Crippen LogP contribution in [-0.4, -0.2) is 31.7 Å². The zero-order valence-corrected chi connectivity index (χ0v) is 16.9. The molecule has 4 aromatic rings. The fourth-order valence-corrected chi connectivity index (χ4v) is 3.32. The number of alkyl halides is 3. The van der Waals surface area contributed by atoms with Gasteiger partial charge in [-0.15, -0.1) is 13.2 Å². The molecule has 0 radical (unpaired) electrons. The van der Waals surface area contributed by atoms with Gasteiger partial charge in [0.05, 0.1) is 22.1 Å². The number of anilines is 2. The third-order valence-corrected chi connectivity index (χ3v) is 4.88. The van der Waals surface area contributed by atoms with E-state index < -0.39 is 6.36 Å². The number of carbonyl (C=O) groups is 1. The van der Waals surface area contributed by atoms with Crippen LogP contribution in [0.1, 0.15) is 36.5 Å². The maximum atomic E-state index is 12.4. The lowest BCUT2D eigenvalue weighted by molar-refractivity contribution is -0.274. The summed E-state index contributed by atoms with van der Waals surface area (Å²) in [5.41, 5.74) is 2.95. The van der Waals surface area contributed by atoms with E-state index in [1.165, 1.54) is 18.2 Å². The lowest BCUT2D eigenvalue weighted by Crippen LogP contribution is -2.16. The molecule has 0 aliphatic rings. The number of carbonyl (C=O) groups excluding carboxylic acids is 1. The van der Waals surface area contributed by atoms with Crippen molar-refractivity contribution < 1.29 is 22.7 Å². The van der Waals surface area contributed by atoms with Gasteiger partial charge in [0.1, 0.15) is 5.75 Å². The van der Waals surface area contributed by atoms with Crippen LogP contribution in [-0.2, 0) is 7.05 Å². The van der Waals surface area contributed by atoms with Crippen molar-refractivity contribution in [3.8, 4) is 5.75 Å². The summed E-state index contributed by atoms with van der Waals surface area (Å²) in [7, 11) is 1.81. The maximum Gasteiger partial charge on any atom is 0.573 e. The zero-order chi connectivity index (χ0) is 22.2. The van der Waals surface area contributed by atoms with Gasteiger partial charge in [-0.25, -0.2) is 9.97 Å². The molecule has 7 nitrogen and oxygen atoms in total. The first-order valence-corrected chi connectivity index (χ1v) is 9.75. The van der Waals surface area contributed by atoms with Gasteiger partial charge >= 0.3 is 6.36 Å². The molecule has 31 heavy (non-hydrogen) atoms. The molecule has 162 valence electrons. The summed E-state index contributed by atoms with van der Waals surface area (Å²) < 4.78 is 43.0. The molecule has 4 rings (SSSR count). The average molecular weight is 431 g/mol. The van der Waals surface area contributed by atoms with Crippen molar-refractivity contribution in [2.24, 2.45) is 7.05 Å². The van der Waals surface area contributed by atoms with E-state index in [1.807, 2.05) is 20.0 Å². The van der Waals surface area contributed by atoms with E-state index in [4.69, 9.17) is 0 Å². The fourth-order valence-electron chi connectivity index (χ4n) is 3.32. The van der Waals surface area contributed by atoms with Crippen molar-refractivity contribution in [2.75, 3.05) is 5.32 Å². The minimum atomic E-state index is -4.77. The van der Waals surface area contributed by atoms with Gasteiger partial charge in [0.2, 0.25) is 11.9 Å². The summed E-state index contributed by atoms with van der Waals surface area (Å²) in [6.45, 7) is 2.04. The molecule has 0 aliphatic heterocycles. The first-order valence-electron chi connectivity index (χ1n) is 9.75. The van der Waals surface area contributed by atoms with Gasteiger partial charge in [-0.05, 0) is 36.8 Å². The number of ketones is 1. The normalized spacial score (nSPS) is 11.9. The summed E-state index contributed by atoms with van der Waals surface area (Å²) in [6, 6.07) is 9.25. The van der Waals surface area contributed by atoms with E-state index in [9.17, 15) is 18.0 Å². The molecule has 0 unspecified atom stereocenters. The summed E-state index contributed by atoms with van der Waals surface area (Å²) >= 11 is 0. The summed E-state index contributed by atoms with van der Waals surface area (Å²) in [4.78, 5) is 24.1. The number of H-pyrrole nitrogens is 1. The number of aromatic amines is 1. The molecule has 2 aromatic carbocycles. The van der Waals surface area contributed by atoms with Crippen LogP contribution in [0.2, 0.25) is 0 Å². The van der Waals surface area contributed by atoms with Crippen LogP contribution in [0.3, 0.4) is 0 Å². The number of Topliss-reactive ketones (excluding diaryl/α,β-unsaturated/α-hetero) is 1. The lowest BCUT2D eigenvalue weighted by atomic mass is 10.1. The Morgan fingerprint density at radius 2 is 1.97 bits per heavy atom. The van der Waals surface area contributed by atoms with Crippen LogP contribution < -0.4 is 10.1 Å². The van der Waals surface area contributed by atoms with Crippen molar-refractivity contribution in [3.05, 3.63) is 42.0 Å². The Hall–Kier alpha value is -3.56. The molecular weight excluding hydrogens is 411 g/mol. The standard InChI is InChI=1S/C21H20F3N5O2/c1-3-4-5-18(30)12-6-9-17-16(10-12)27-20(29(17)2)28-19-25-14-8-7-13(11-15(14)26-19)31-21(22,23)24/h6-11H,3-5H2,1-2H3,(H2,25,26,27,28). The third kappa shape index (κ3) is 4.47. The van der Waals surface area contributed by atoms with Crippen LogP contribution in [0, 0.1) is 0 Å². The van der Waals surface area contributed by atoms with Gasteiger partial charge in [0.15, 0.2) is 5.78 Å². The van der Waals surface area contributed by atoms with Gasteiger partial charge in [-0.2, -0.15) is 0 Å². The number of ether oxygens (including phenoxy) is 1. The van der Waals surface area contributed by atoms with E-state index in [1.54, 1.807) is 16.7 Å². The maximum absolute atomic E-state index is 12.4. The molecule has 0 fully saturated rings. The van der Waals surface area contributed by atoms with E-state index in [2.05, 4.69) is 25.0 Å². The van der Waals surface area contributed by atoms with Crippen LogP contribution >= 0.6 is 0 Å². The average Bonchev–Trinajstić information content (AvgIpc) is 3.24. The van der Waals surface area contributed by atoms with Gasteiger partial charge in [0, 0.05) is 25.1 Å². The van der Waals surface area contributed by atoms with Crippen LogP contribution in [0.5, 0.6) is 5.75 Å². The molecule has 0 saturated carbocycles. The number of imidazole rings is 2. The fraction of sp³-hybridized carbons (Fsp3) is 0.286. The minimum absolute atomic E-state index is 0.0816. The minimum Gasteiger partial charge on any atom is -0.406 e. The molecule has 0 aliphatic carbocycles. The van der Waals surface area contributed by atoms with Gasteiger partial charge < -0.3 is 14.3 Å². The SMILES string of the molecule is CCCCC(=O)c1ccc2c(c1)nc(Nc1nc3ccc(OC(F)(F)F)cc3[nH]1)n2C. The largest absolute Gasteiger partial charge is 0.573 e. The molecule has 0 spiro atoms. The second-order valence-electron chi connectivity index (χ2n) is 7.16. The van der Waals surface area contributed by atoms with E-state index >= 15 is 0 Å². The highest BCUT2D eigenvalue weighted by Crippen LogP contribution is 2.28. The number of benzene rings is 2. The van der Waals surface area contributed by atoms with E-state index in [0.717, 1.165) is 18.4 Å². The van der Waals surface area contributed by atoms with Crippen molar-refractivity contribution in [1.29, 1.82) is 0 Å². The number of aryl methyl sites for hydroxylation is 1. The van der Waals surface area contributed by atoms with Gasteiger partial charge in [-0.1, -0.05) is 13.3 Å². The van der Waals surface area contributed by atoms with Crippen LogP contribution in [0.25, 0.3) is 22.1 Å². The second-order valence-corrected chi connectivity index (χ2v) is 7.16. The topological polar surface area (TPSA) is 84.8 Å². The van der Waals surface area contributed by atoms with Crippen molar-refractivity contribution >= 4 is 39.7 Å². The molecule has 0 saturated heterocycles. The molecule has 2 heterocycles. The Kier molecular flexibility index (Phi) is 5.30. The monoisotopic (exact) mass is 431 g/mol. The molecule has 2 aromatic heterocycles. The number of aromatic nitrogens is 4. The Morgan fingerprint density at radius 3 is 2.71 bits per heavy atom. The number of fused-ring (bicyclic) bond motifs is 2. The molecule has 0 bridgehead atoms. The molecule has 0 atom stereocenters. The van der Waals surface area contributed by atoms with Crippen LogP contribution in [0.15, 0.2) is 36.4 Å². The first-order chi connectivity index (χ1) is 14.7. The Morgan fingerprint density at radius 1 is 1.16 bits per heavy atom. The third-order valence-electron chi connectivity index (χ3n) is 4.88. The lowest BCUT2D eigenvalue weighted by Gasteiger charge is -2.07. The number of hydrogen-bond donors (Lipinski definition) is 2. The molecular formula is C21H20F3N5O2. The van der Waals surface area contributed by atoms with E-state index in [0.29, 0.717) is 40.4 Å². The van der Waals surface area contributed by atoms with Gasteiger partial charge in [0.25, 0.3) is 0 Å². The van der Waals surface area contributed by atoms with Crippen molar-refractivity contribution in [2.45, 2.75) is 32.5 Å². The second kappa shape index (κ2) is 7.93. The summed E-state index contributed by atoms with van der Waals surface area (Å²) in [5, 5.41) is 3.04. The molecule has 2 N–H and O–H groups in total. The first kappa shape index (κ1) is 20.7. The van der Waals surface area contributed by atoms with E-state index in [-0.39, 0.29) is 11.5 Å². The Labute approximate surface area is 175 Å². The number of nitrogens with one attached hydrogen (secondary N) is 2. The number of rotatable bonds is 7. The predicted molar refractivity (Wildman–Crippen MR) is 111 cm³/mol. The zero-order valence-electron chi connectivity index (χ0n) is 16.9. The number of hydrogen-bond acceptors (Lipinski definition) is 5.